The summed E-state index contributed by atoms with van der Waals surface area (Å²) in [5.41, 5.74) is 0.678. The normalized spacial score (nSPS) is 10.0. The fourth-order valence-electron chi connectivity index (χ4n) is 1.49. The van der Waals surface area contributed by atoms with Crippen LogP contribution in [0.5, 0.6) is 0 Å². The Morgan fingerprint density at radius 2 is 1.75 bits per heavy atom. The lowest BCUT2D eigenvalue weighted by Gasteiger charge is -2.02. The molecule has 0 saturated heterocycles. The van der Waals surface area contributed by atoms with Crippen LogP contribution < -0.4 is 0 Å². The lowest BCUT2D eigenvalue weighted by atomic mass is 10.0. The van der Waals surface area contributed by atoms with Gasteiger partial charge in [0.1, 0.15) is 0 Å². The van der Waals surface area contributed by atoms with E-state index in [1.165, 1.54) is 12.1 Å². The highest BCUT2D eigenvalue weighted by Gasteiger charge is 2.17. The first-order valence-electron chi connectivity index (χ1n) is 4.70. The van der Waals surface area contributed by atoms with E-state index in [9.17, 15) is 9.59 Å². The molecule has 0 atom stereocenters. The predicted octanol–water partition coefficient (Wildman–Crippen LogP) is 1.94. The van der Waals surface area contributed by atoms with Crippen LogP contribution in [0, 0.1) is 0 Å². The number of aromatic amines is 1. The van der Waals surface area contributed by atoms with E-state index < -0.39 is 5.97 Å². The molecule has 0 unspecified atom stereocenters. The van der Waals surface area contributed by atoms with E-state index in [4.69, 9.17) is 5.11 Å². The largest absolute Gasteiger partial charge is 0.478 e. The first kappa shape index (κ1) is 10.2. The third-order valence-electron chi connectivity index (χ3n) is 2.26. The van der Waals surface area contributed by atoms with Gasteiger partial charge in [-0.05, 0) is 12.1 Å². The summed E-state index contributed by atoms with van der Waals surface area (Å²) in [6.45, 7) is 0. The molecule has 0 aliphatic heterocycles. The zero-order valence-electron chi connectivity index (χ0n) is 8.31. The van der Waals surface area contributed by atoms with Crippen LogP contribution in [0.3, 0.4) is 0 Å². The molecule has 1 aromatic heterocycles. The Morgan fingerprint density at radius 3 is 2.31 bits per heavy atom. The fraction of sp³-hybridized carbons (Fsp3) is 0. The summed E-state index contributed by atoms with van der Waals surface area (Å²) < 4.78 is 0. The van der Waals surface area contributed by atoms with Crippen molar-refractivity contribution in [2.45, 2.75) is 0 Å². The molecular weight excluding hydrogens is 206 g/mol. The molecule has 1 heterocycles. The Balaban J connectivity index is 2.49. The van der Waals surface area contributed by atoms with Crippen molar-refractivity contribution in [3.63, 3.8) is 0 Å². The molecule has 80 valence electrons. The van der Waals surface area contributed by atoms with Gasteiger partial charge >= 0.3 is 5.97 Å². The van der Waals surface area contributed by atoms with Crippen LogP contribution >= 0.6 is 0 Å². The van der Waals surface area contributed by atoms with Gasteiger partial charge in [-0.25, -0.2) is 4.79 Å². The maximum atomic E-state index is 11.9. The van der Waals surface area contributed by atoms with Gasteiger partial charge in [-0.1, -0.05) is 18.2 Å². The van der Waals surface area contributed by atoms with Crippen molar-refractivity contribution in [1.82, 2.24) is 4.98 Å². The first-order chi connectivity index (χ1) is 7.70. The second-order valence-corrected chi connectivity index (χ2v) is 3.28. The molecule has 1 aromatic carbocycles. The highest BCUT2D eigenvalue weighted by atomic mass is 16.4. The Morgan fingerprint density at radius 1 is 1.06 bits per heavy atom. The van der Waals surface area contributed by atoms with Gasteiger partial charge in [-0.2, -0.15) is 0 Å². The van der Waals surface area contributed by atoms with E-state index in [2.05, 4.69) is 4.98 Å². The number of hydrogen-bond donors (Lipinski definition) is 2. The fourth-order valence-corrected chi connectivity index (χ4v) is 1.49. The van der Waals surface area contributed by atoms with Crippen LogP contribution in [-0.2, 0) is 0 Å². The van der Waals surface area contributed by atoms with Crippen LogP contribution in [0.25, 0.3) is 0 Å². The molecule has 16 heavy (non-hydrogen) atoms. The van der Waals surface area contributed by atoms with Crippen LogP contribution in [0.4, 0.5) is 0 Å². The van der Waals surface area contributed by atoms with Crippen LogP contribution in [0.1, 0.15) is 26.3 Å². The quantitative estimate of drug-likeness (QED) is 0.768. The monoisotopic (exact) mass is 215 g/mol. The van der Waals surface area contributed by atoms with Crippen molar-refractivity contribution < 1.29 is 14.7 Å². The molecule has 4 nitrogen and oxygen atoms in total. The summed E-state index contributed by atoms with van der Waals surface area (Å²) in [6.07, 6.45) is 3.16. The number of benzene rings is 1. The number of rotatable bonds is 3. The summed E-state index contributed by atoms with van der Waals surface area (Å²) in [7, 11) is 0. The van der Waals surface area contributed by atoms with Crippen molar-refractivity contribution in [2.75, 3.05) is 0 Å². The van der Waals surface area contributed by atoms with Crippen LogP contribution in [0.2, 0.25) is 0 Å². The molecule has 0 bridgehead atoms. The minimum absolute atomic E-state index is 0.0219. The average Bonchev–Trinajstić information content (AvgIpc) is 2.81. The average molecular weight is 215 g/mol. The number of carbonyl (C=O) groups is 2. The molecule has 0 aliphatic rings. The van der Waals surface area contributed by atoms with Gasteiger partial charge in [0, 0.05) is 23.5 Å². The number of H-pyrrole nitrogens is 1. The van der Waals surface area contributed by atoms with Gasteiger partial charge in [-0.15, -0.1) is 0 Å². The van der Waals surface area contributed by atoms with Crippen molar-refractivity contribution in [3.05, 3.63) is 59.4 Å². The van der Waals surface area contributed by atoms with E-state index in [0.717, 1.165) is 0 Å². The Kier molecular flexibility index (Phi) is 2.55. The van der Waals surface area contributed by atoms with Gasteiger partial charge in [0.25, 0.3) is 0 Å². The molecule has 0 spiro atoms. The summed E-state index contributed by atoms with van der Waals surface area (Å²) in [6, 6.07) is 7.78. The molecule has 0 amide bonds. The summed E-state index contributed by atoms with van der Waals surface area (Å²) >= 11 is 0. The SMILES string of the molecule is O=C(O)c1ccccc1C(=O)c1cc[nH]c1. The van der Waals surface area contributed by atoms with Gasteiger partial charge in [0.2, 0.25) is 0 Å². The second kappa shape index (κ2) is 4.02. The zero-order valence-corrected chi connectivity index (χ0v) is 8.31. The standard InChI is InChI=1S/C12H9NO3/c14-11(8-5-6-13-7-8)9-3-1-2-4-10(9)12(15)16/h1-7,13H,(H,15,16). The maximum absolute atomic E-state index is 11.9. The van der Waals surface area contributed by atoms with Gasteiger partial charge in [0.05, 0.1) is 5.56 Å². The van der Waals surface area contributed by atoms with Crippen LogP contribution in [-0.4, -0.2) is 21.8 Å². The van der Waals surface area contributed by atoms with Crippen molar-refractivity contribution >= 4 is 11.8 Å². The Bertz CT molecular complexity index is 529. The topological polar surface area (TPSA) is 70.2 Å². The number of carboxylic acid groups (broad SMARTS) is 1. The second-order valence-electron chi connectivity index (χ2n) is 3.28. The molecule has 0 fully saturated rings. The molecular formula is C12H9NO3. The number of ketones is 1. The Hall–Kier alpha value is -2.36. The van der Waals surface area contributed by atoms with E-state index in [1.54, 1.807) is 30.6 Å². The number of aromatic carboxylic acids is 1. The number of hydrogen-bond acceptors (Lipinski definition) is 2. The minimum Gasteiger partial charge on any atom is -0.478 e. The van der Waals surface area contributed by atoms with E-state index in [-0.39, 0.29) is 16.9 Å². The summed E-state index contributed by atoms with van der Waals surface area (Å²) in [5, 5.41) is 8.95. The van der Waals surface area contributed by atoms with Crippen molar-refractivity contribution in [3.8, 4) is 0 Å². The number of carboxylic acids is 1. The number of nitrogens with one attached hydrogen (secondary N) is 1. The van der Waals surface area contributed by atoms with E-state index in [0.29, 0.717) is 5.56 Å². The lowest BCUT2D eigenvalue weighted by Crippen LogP contribution is -2.08. The molecule has 0 radical (unpaired) electrons. The first-order valence-corrected chi connectivity index (χ1v) is 4.70. The molecule has 4 heteroatoms. The van der Waals surface area contributed by atoms with Gasteiger partial charge in [-0.3, -0.25) is 4.79 Å². The maximum Gasteiger partial charge on any atom is 0.336 e. The molecule has 2 N–H and O–H groups in total. The highest BCUT2D eigenvalue weighted by Crippen LogP contribution is 2.14. The third kappa shape index (κ3) is 1.72. The Labute approximate surface area is 91.5 Å². The van der Waals surface area contributed by atoms with Gasteiger partial charge < -0.3 is 10.1 Å². The van der Waals surface area contributed by atoms with E-state index in [1.807, 2.05) is 0 Å². The van der Waals surface area contributed by atoms with E-state index >= 15 is 0 Å². The predicted molar refractivity (Wildman–Crippen MR) is 57.6 cm³/mol. The minimum atomic E-state index is -1.10. The molecule has 0 saturated carbocycles. The molecule has 2 aromatic rings. The summed E-state index contributed by atoms with van der Waals surface area (Å²) in [4.78, 5) is 25.6. The smallest absolute Gasteiger partial charge is 0.336 e. The highest BCUT2D eigenvalue weighted by molar-refractivity contribution is 6.14. The van der Waals surface area contributed by atoms with Crippen molar-refractivity contribution in [2.24, 2.45) is 0 Å². The lowest BCUT2D eigenvalue weighted by molar-refractivity contribution is 0.0693. The van der Waals surface area contributed by atoms with Crippen molar-refractivity contribution in [1.29, 1.82) is 0 Å². The molecule has 2 rings (SSSR count). The number of carbonyl (C=O) groups excluding carboxylic acids is 1. The van der Waals surface area contributed by atoms with Crippen LogP contribution in [0.15, 0.2) is 42.7 Å². The molecule has 0 aliphatic carbocycles. The van der Waals surface area contributed by atoms with Gasteiger partial charge in [0.15, 0.2) is 5.78 Å². The summed E-state index contributed by atoms with van der Waals surface area (Å²) in [5.74, 6) is -1.39. The third-order valence-corrected chi connectivity index (χ3v) is 2.26. The number of aromatic nitrogens is 1. The zero-order chi connectivity index (χ0) is 11.5.